The van der Waals surface area contributed by atoms with E-state index in [2.05, 4.69) is 15.9 Å². The normalized spacial score (nSPS) is 43.3. The van der Waals surface area contributed by atoms with Crippen molar-refractivity contribution < 1.29 is 14.3 Å². The molecule has 4 saturated carbocycles. The monoisotopic (exact) mass is 343 g/mol. The predicted octanol–water partition coefficient (Wildman–Crippen LogP) is 2.53. The Morgan fingerprint density at radius 1 is 1.30 bits per heavy atom. The SMILES string of the molecule is CC(OC(=O)CC12CC3CC(CC(Br)(C3)C1)C2)C(N)=O. The number of nitrogens with two attached hydrogens (primary N) is 1. The minimum Gasteiger partial charge on any atom is -0.453 e. The maximum absolute atomic E-state index is 12.1. The van der Waals surface area contributed by atoms with E-state index in [1.54, 1.807) is 0 Å². The standard InChI is InChI=1S/C15H22BrNO3/c1-9(13(17)19)20-12(18)7-14-3-10-2-11(4-14)6-15(16,5-10)8-14/h9-11H,2-8H2,1H3,(H2,17,19). The molecule has 0 saturated heterocycles. The minimum atomic E-state index is -0.825. The molecule has 0 radical (unpaired) electrons. The fourth-order valence-corrected chi connectivity index (χ4v) is 6.66. The zero-order valence-corrected chi connectivity index (χ0v) is 13.4. The molecule has 0 spiro atoms. The third kappa shape index (κ3) is 2.61. The topological polar surface area (TPSA) is 69.4 Å². The third-order valence-electron chi connectivity index (χ3n) is 5.34. The molecule has 4 aliphatic rings. The van der Waals surface area contributed by atoms with E-state index in [-0.39, 0.29) is 15.7 Å². The van der Waals surface area contributed by atoms with E-state index in [0.717, 1.165) is 31.1 Å². The molecule has 0 aromatic carbocycles. The Morgan fingerprint density at radius 2 is 1.90 bits per heavy atom. The Hall–Kier alpha value is -0.580. The summed E-state index contributed by atoms with van der Waals surface area (Å²) in [6.45, 7) is 1.53. The van der Waals surface area contributed by atoms with Gasteiger partial charge in [-0.25, -0.2) is 0 Å². The highest BCUT2D eigenvalue weighted by Crippen LogP contribution is 2.65. The first kappa shape index (κ1) is 14.4. The molecule has 4 aliphatic carbocycles. The van der Waals surface area contributed by atoms with E-state index in [0.29, 0.717) is 6.42 Å². The summed E-state index contributed by atoms with van der Waals surface area (Å²) < 4.78 is 5.40. The molecule has 4 nitrogen and oxygen atoms in total. The van der Waals surface area contributed by atoms with Crippen LogP contribution in [0.4, 0.5) is 0 Å². The first-order chi connectivity index (χ1) is 9.29. The lowest BCUT2D eigenvalue weighted by Gasteiger charge is -2.60. The Labute approximate surface area is 127 Å². The zero-order chi connectivity index (χ0) is 14.5. The van der Waals surface area contributed by atoms with Crippen LogP contribution in [0.1, 0.15) is 51.9 Å². The second-order valence-corrected chi connectivity index (χ2v) is 9.01. The van der Waals surface area contributed by atoms with Gasteiger partial charge in [0.25, 0.3) is 5.91 Å². The molecule has 3 unspecified atom stereocenters. The molecule has 3 atom stereocenters. The summed E-state index contributed by atoms with van der Waals surface area (Å²) in [7, 11) is 0. The van der Waals surface area contributed by atoms with Gasteiger partial charge in [-0.2, -0.15) is 0 Å². The Morgan fingerprint density at radius 3 is 2.40 bits per heavy atom. The van der Waals surface area contributed by atoms with Crippen molar-refractivity contribution in [2.75, 3.05) is 0 Å². The molecule has 4 rings (SSSR count). The zero-order valence-electron chi connectivity index (χ0n) is 11.9. The molecule has 0 heterocycles. The van der Waals surface area contributed by atoms with Crippen LogP contribution >= 0.6 is 15.9 Å². The average Bonchev–Trinajstić information content (AvgIpc) is 2.23. The van der Waals surface area contributed by atoms with Crippen molar-refractivity contribution in [3.8, 4) is 0 Å². The Kier molecular flexibility index (Phi) is 3.39. The van der Waals surface area contributed by atoms with Crippen molar-refractivity contribution >= 4 is 27.8 Å². The molecule has 0 aromatic heterocycles. The van der Waals surface area contributed by atoms with Gasteiger partial charge in [-0.1, -0.05) is 15.9 Å². The highest BCUT2D eigenvalue weighted by molar-refractivity contribution is 9.10. The summed E-state index contributed by atoms with van der Waals surface area (Å²) in [4.78, 5) is 23.1. The van der Waals surface area contributed by atoms with E-state index in [4.69, 9.17) is 10.5 Å². The van der Waals surface area contributed by atoms with Gasteiger partial charge in [0, 0.05) is 4.32 Å². The van der Waals surface area contributed by atoms with Crippen LogP contribution in [0.3, 0.4) is 0 Å². The van der Waals surface area contributed by atoms with Crippen LogP contribution < -0.4 is 5.73 Å². The molecule has 20 heavy (non-hydrogen) atoms. The van der Waals surface area contributed by atoms with E-state index >= 15 is 0 Å². The van der Waals surface area contributed by atoms with Crippen LogP contribution in [0.25, 0.3) is 0 Å². The number of halogens is 1. The number of hydrogen-bond acceptors (Lipinski definition) is 3. The number of hydrogen-bond donors (Lipinski definition) is 1. The van der Waals surface area contributed by atoms with Gasteiger partial charge in [0.05, 0.1) is 6.42 Å². The number of ether oxygens (including phenoxy) is 1. The molecule has 1 amide bonds. The highest BCUT2D eigenvalue weighted by atomic mass is 79.9. The minimum absolute atomic E-state index is 0.0854. The molecule has 0 aromatic rings. The van der Waals surface area contributed by atoms with Crippen LogP contribution in [0.15, 0.2) is 0 Å². The first-order valence-electron chi connectivity index (χ1n) is 7.47. The van der Waals surface area contributed by atoms with Gasteiger partial charge >= 0.3 is 5.97 Å². The summed E-state index contributed by atoms with van der Waals surface area (Å²) in [6.07, 6.45) is 6.76. The summed E-state index contributed by atoms with van der Waals surface area (Å²) in [5.41, 5.74) is 5.23. The largest absolute Gasteiger partial charge is 0.453 e. The fourth-order valence-electron chi connectivity index (χ4n) is 5.15. The molecule has 4 fully saturated rings. The van der Waals surface area contributed by atoms with Crippen LogP contribution in [-0.2, 0) is 14.3 Å². The fraction of sp³-hybridized carbons (Fsp3) is 0.867. The van der Waals surface area contributed by atoms with E-state index < -0.39 is 12.0 Å². The summed E-state index contributed by atoms with van der Waals surface area (Å²) in [6, 6.07) is 0. The van der Waals surface area contributed by atoms with Crippen molar-refractivity contribution in [3.05, 3.63) is 0 Å². The predicted molar refractivity (Wildman–Crippen MR) is 78.1 cm³/mol. The second-order valence-electron chi connectivity index (χ2n) is 7.32. The third-order valence-corrected chi connectivity index (χ3v) is 6.27. The summed E-state index contributed by atoms with van der Waals surface area (Å²) in [5, 5.41) is 0. The molecule has 4 bridgehead atoms. The van der Waals surface area contributed by atoms with Crippen molar-refractivity contribution in [2.24, 2.45) is 23.0 Å². The highest BCUT2D eigenvalue weighted by Gasteiger charge is 2.57. The molecule has 0 aliphatic heterocycles. The van der Waals surface area contributed by atoms with Gasteiger partial charge in [0.15, 0.2) is 6.10 Å². The van der Waals surface area contributed by atoms with Crippen LogP contribution in [0.2, 0.25) is 0 Å². The number of carbonyl (C=O) groups excluding carboxylic acids is 2. The lowest BCUT2D eigenvalue weighted by atomic mass is 9.49. The summed E-state index contributed by atoms with van der Waals surface area (Å²) >= 11 is 3.93. The van der Waals surface area contributed by atoms with Crippen LogP contribution in [-0.4, -0.2) is 22.3 Å². The van der Waals surface area contributed by atoms with Crippen molar-refractivity contribution in [1.82, 2.24) is 0 Å². The van der Waals surface area contributed by atoms with Crippen molar-refractivity contribution in [3.63, 3.8) is 0 Å². The molecule has 5 heteroatoms. The number of amides is 1. The average molecular weight is 344 g/mol. The van der Waals surface area contributed by atoms with Gasteiger partial charge in [-0.15, -0.1) is 0 Å². The van der Waals surface area contributed by atoms with E-state index in [1.807, 2.05) is 0 Å². The van der Waals surface area contributed by atoms with Gasteiger partial charge in [-0.05, 0) is 62.7 Å². The molecular formula is C15H22BrNO3. The smallest absolute Gasteiger partial charge is 0.307 e. The quantitative estimate of drug-likeness (QED) is 0.629. The van der Waals surface area contributed by atoms with E-state index in [1.165, 1.54) is 26.2 Å². The number of primary amides is 1. The van der Waals surface area contributed by atoms with Crippen molar-refractivity contribution in [2.45, 2.75) is 62.3 Å². The van der Waals surface area contributed by atoms with Gasteiger partial charge < -0.3 is 10.5 Å². The Bertz CT molecular complexity index is 436. The number of rotatable bonds is 4. The lowest BCUT2D eigenvalue weighted by Crippen LogP contribution is -2.53. The molecule has 112 valence electrons. The van der Waals surface area contributed by atoms with Gasteiger partial charge in [0.2, 0.25) is 0 Å². The van der Waals surface area contributed by atoms with Gasteiger partial charge in [0.1, 0.15) is 0 Å². The number of esters is 1. The maximum Gasteiger partial charge on any atom is 0.307 e. The van der Waals surface area contributed by atoms with E-state index in [9.17, 15) is 9.59 Å². The van der Waals surface area contributed by atoms with Crippen LogP contribution in [0.5, 0.6) is 0 Å². The molecule has 2 N–H and O–H groups in total. The number of alkyl halides is 1. The number of carbonyl (C=O) groups is 2. The summed E-state index contributed by atoms with van der Waals surface area (Å²) in [5.74, 6) is 0.643. The van der Waals surface area contributed by atoms with Gasteiger partial charge in [-0.3, -0.25) is 9.59 Å². The van der Waals surface area contributed by atoms with Crippen LogP contribution in [0, 0.1) is 17.3 Å². The Balaban J connectivity index is 1.68. The lowest BCUT2D eigenvalue weighted by molar-refractivity contribution is -0.159. The molecular weight excluding hydrogens is 322 g/mol. The first-order valence-corrected chi connectivity index (χ1v) is 8.26. The second kappa shape index (κ2) is 4.72. The maximum atomic E-state index is 12.1. The van der Waals surface area contributed by atoms with Crippen molar-refractivity contribution in [1.29, 1.82) is 0 Å².